The van der Waals surface area contributed by atoms with Gasteiger partial charge in [-0.25, -0.2) is 0 Å². The summed E-state index contributed by atoms with van der Waals surface area (Å²) in [5.41, 5.74) is 21.1. The van der Waals surface area contributed by atoms with Crippen molar-refractivity contribution in [3.05, 3.63) is 327 Å². The zero-order chi connectivity index (χ0) is 61.9. The fourth-order valence-electron chi connectivity index (χ4n) is 11.3. The molecule has 88 heavy (non-hydrogen) atoms. The SMILES string of the molecule is C=C/C=C\C.C=Cc1sc2cc(N(c3ccccc3)c3cccc(N4/C=C\CCC(=C)c5ccccc54)c3)ccc2c1C=C.CC.CS.Cc1ccccc1-c1cc(N(c2ccccc2)c2cccc(-n3c4ccccc4c4ccccc43)c2)ccc1C. The number of aryl methyl sites for hydroxylation is 2. The minimum absolute atomic E-state index is 0.968. The van der Waals surface area contributed by atoms with Gasteiger partial charge in [0.1, 0.15) is 0 Å². The van der Waals surface area contributed by atoms with Crippen molar-refractivity contribution < 1.29 is 0 Å². The minimum atomic E-state index is 0.968. The van der Waals surface area contributed by atoms with Gasteiger partial charge in [-0.05, 0) is 176 Å². The third-order valence-corrected chi connectivity index (χ3v) is 16.5. The molecule has 2 aromatic heterocycles. The fourth-order valence-corrected chi connectivity index (χ4v) is 12.4. The van der Waals surface area contributed by atoms with Gasteiger partial charge in [0.05, 0.1) is 16.7 Å². The van der Waals surface area contributed by atoms with Crippen LogP contribution in [0, 0.1) is 13.8 Å². The van der Waals surface area contributed by atoms with E-state index in [4.69, 9.17) is 0 Å². The van der Waals surface area contributed by atoms with Crippen molar-refractivity contribution in [1.29, 1.82) is 0 Å². The van der Waals surface area contributed by atoms with E-state index in [1.54, 1.807) is 23.7 Å². The number of allylic oxidation sites excluding steroid dienone is 5. The normalized spacial score (nSPS) is 11.9. The summed E-state index contributed by atoms with van der Waals surface area (Å²) < 4.78 is 3.60. The second-order valence-corrected chi connectivity index (χ2v) is 21.8. The number of para-hydroxylation sites is 5. The standard InChI is InChI=1S/C38H30N2.C36H30N2S.C5H8.C2H6.CH4S/c1-27-13-6-7-18-33(27)36-26-32(24-23-28(36)2)39(29-14-4-3-5-15-29)30-16-12-17-31(25-30)40-37-21-10-8-19-34(37)35-20-9-11-22-38(35)40;1-4-31-33-22-21-30(25-36(33)39-35(31)5-2)38(27-15-7-6-8-16-27)29-18-13-17-28(24-29)37-23-12-11-14-26(3)32-19-9-10-20-34(32)37;1-3-5-4-2;2*1-2/h3-26H,1-2H3;4-10,12-13,15-25H,1-3,11,14H2;3-5H,1H2,2H3;1-2H3;2H,1H3/b;23-12-;5-4-;;. The lowest BCUT2D eigenvalue weighted by Gasteiger charge is -2.29. The predicted molar refractivity (Wildman–Crippen MR) is 394 cm³/mol. The zero-order valence-corrected chi connectivity index (χ0v) is 53.2. The van der Waals surface area contributed by atoms with Crippen LogP contribution in [0.15, 0.2) is 299 Å². The Balaban J connectivity index is 0.000000185. The molecule has 0 aliphatic carbocycles. The highest BCUT2D eigenvalue weighted by Gasteiger charge is 2.21. The van der Waals surface area contributed by atoms with Crippen molar-refractivity contribution in [2.24, 2.45) is 0 Å². The number of fused-ring (bicyclic) bond motifs is 5. The first-order valence-electron chi connectivity index (χ1n) is 30.1. The molecule has 0 unspecified atom stereocenters. The van der Waals surface area contributed by atoms with E-state index in [-0.39, 0.29) is 0 Å². The number of thiol groups is 1. The van der Waals surface area contributed by atoms with E-state index >= 15 is 0 Å². The van der Waals surface area contributed by atoms with Crippen LogP contribution in [0.4, 0.5) is 45.5 Å². The monoisotopic (exact) mass is 1180 g/mol. The molecule has 0 atom stereocenters. The summed E-state index contributed by atoms with van der Waals surface area (Å²) in [7, 11) is 0. The van der Waals surface area contributed by atoms with Crippen LogP contribution in [-0.4, -0.2) is 10.8 Å². The van der Waals surface area contributed by atoms with Crippen molar-refractivity contribution in [1.82, 2.24) is 4.57 Å². The molecule has 0 spiro atoms. The topological polar surface area (TPSA) is 14.7 Å². The van der Waals surface area contributed by atoms with Gasteiger partial charge in [-0.1, -0.05) is 216 Å². The van der Waals surface area contributed by atoms with Gasteiger partial charge in [-0.3, -0.25) is 0 Å². The minimum Gasteiger partial charge on any atom is -0.317 e. The van der Waals surface area contributed by atoms with Gasteiger partial charge in [0.25, 0.3) is 0 Å². The van der Waals surface area contributed by atoms with Gasteiger partial charge >= 0.3 is 0 Å². The highest BCUT2D eigenvalue weighted by Crippen LogP contribution is 2.44. The molecule has 0 N–H and O–H groups in total. The number of hydrogen-bond acceptors (Lipinski definition) is 5. The molecule has 0 saturated carbocycles. The first kappa shape index (κ1) is 62.7. The van der Waals surface area contributed by atoms with Crippen LogP contribution in [0.3, 0.4) is 0 Å². The van der Waals surface area contributed by atoms with E-state index in [1.165, 1.54) is 65.3 Å². The van der Waals surface area contributed by atoms with Crippen LogP contribution in [0.1, 0.15) is 60.7 Å². The van der Waals surface area contributed by atoms with Crippen LogP contribution >= 0.6 is 24.0 Å². The average Bonchev–Trinajstić information content (AvgIpc) is 2.21. The van der Waals surface area contributed by atoms with Gasteiger partial charge < -0.3 is 19.3 Å². The lowest BCUT2D eigenvalue weighted by molar-refractivity contribution is 1.04. The van der Waals surface area contributed by atoms with Crippen molar-refractivity contribution in [2.75, 3.05) is 21.0 Å². The molecular formula is C82H78N4S2. The Morgan fingerprint density at radius 2 is 0.989 bits per heavy atom. The second kappa shape index (κ2) is 30.5. The lowest BCUT2D eigenvalue weighted by Crippen LogP contribution is -2.14. The Hall–Kier alpha value is -9.85. The Labute approximate surface area is 532 Å². The lowest BCUT2D eigenvalue weighted by atomic mass is 9.96. The third kappa shape index (κ3) is 13.7. The second-order valence-electron chi connectivity index (χ2n) is 20.7. The van der Waals surface area contributed by atoms with Crippen molar-refractivity contribution in [3.8, 4) is 16.8 Å². The summed E-state index contributed by atoms with van der Waals surface area (Å²) in [5, 5.41) is 3.74. The molecule has 1 aliphatic rings. The van der Waals surface area contributed by atoms with Crippen molar-refractivity contribution >= 4 is 119 Å². The van der Waals surface area contributed by atoms with Gasteiger partial charge in [-0.2, -0.15) is 12.6 Å². The molecule has 3 heterocycles. The van der Waals surface area contributed by atoms with Crippen LogP contribution in [0.5, 0.6) is 0 Å². The third-order valence-electron chi connectivity index (χ3n) is 15.4. The number of rotatable bonds is 12. The largest absolute Gasteiger partial charge is 0.317 e. The van der Waals surface area contributed by atoms with E-state index in [1.807, 2.05) is 45.1 Å². The maximum absolute atomic E-state index is 4.38. The smallest absolute Gasteiger partial charge is 0.0541 e. The molecule has 0 amide bonds. The average molecular weight is 1180 g/mol. The Kier molecular flexibility index (Phi) is 21.7. The maximum Gasteiger partial charge on any atom is 0.0541 e. The molecule has 6 heteroatoms. The molecule has 0 bridgehead atoms. The zero-order valence-electron chi connectivity index (χ0n) is 51.5. The number of aromatic nitrogens is 1. The number of anilines is 8. The molecular weight excluding hydrogens is 1110 g/mol. The van der Waals surface area contributed by atoms with E-state index < -0.39 is 0 Å². The quantitative estimate of drug-likeness (QED) is 0.0969. The van der Waals surface area contributed by atoms with Gasteiger partial charge in [0.15, 0.2) is 0 Å². The molecule has 0 radical (unpaired) electrons. The Morgan fingerprint density at radius 3 is 1.58 bits per heavy atom. The number of hydrogen-bond donors (Lipinski definition) is 1. The maximum atomic E-state index is 4.38. The van der Waals surface area contributed by atoms with Gasteiger partial charge in [0, 0.05) is 83.0 Å². The summed E-state index contributed by atoms with van der Waals surface area (Å²) in [4.78, 5) is 8.11. The van der Waals surface area contributed by atoms with Crippen LogP contribution in [-0.2, 0) is 0 Å². The molecule has 0 fully saturated rings. The summed E-state index contributed by atoms with van der Waals surface area (Å²) in [6.07, 6.45) is 17.5. The number of thiophene rings is 1. The van der Waals surface area contributed by atoms with E-state index in [0.717, 1.165) is 74.5 Å². The Bertz CT molecular complexity index is 4360. The first-order chi connectivity index (χ1) is 43.3. The van der Waals surface area contributed by atoms with E-state index in [2.05, 4.69) is 327 Å². The molecule has 10 aromatic carbocycles. The van der Waals surface area contributed by atoms with Crippen LogP contribution in [0.25, 0.3) is 66.4 Å². The van der Waals surface area contributed by atoms with Crippen molar-refractivity contribution in [2.45, 2.75) is 47.5 Å². The molecule has 13 rings (SSSR count). The first-order valence-corrected chi connectivity index (χ1v) is 31.8. The Morgan fingerprint density at radius 1 is 0.477 bits per heavy atom. The molecule has 438 valence electrons. The van der Waals surface area contributed by atoms with Crippen molar-refractivity contribution in [3.63, 3.8) is 0 Å². The van der Waals surface area contributed by atoms with E-state index in [9.17, 15) is 0 Å². The van der Waals surface area contributed by atoms with Crippen LogP contribution in [0.2, 0.25) is 0 Å². The summed E-state index contributed by atoms with van der Waals surface area (Å²) in [6, 6.07) is 86.8. The molecule has 12 aromatic rings. The molecule has 4 nitrogen and oxygen atoms in total. The predicted octanol–water partition coefficient (Wildman–Crippen LogP) is 25.0. The highest BCUT2D eigenvalue weighted by atomic mass is 32.1. The summed E-state index contributed by atoms with van der Waals surface area (Å²) >= 11 is 5.28. The van der Waals surface area contributed by atoms with Crippen LogP contribution < -0.4 is 14.7 Å². The highest BCUT2D eigenvalue weighted by molar-refractivity contribution is 7.79. The van der Waals surface area contributed by atoms with Gasteiger partial charge in [0.2, 0.25) is 0 Å². The summed E-state index contributed by atoms with van der Waals surface area (Å²) in [6.45, 7) is 26.2. The summed E-state index contributed by atoms with van der Waals surface area (Å²) in [5.74, 6) is 0. The molecule has 1 aliphatic heterocycles. The molecule has 0 saturated heterocycles. The van der Waals surface area contributed by atoms with Gasteiger partial charge in [-0.15, -0.1) is 11.3 Å². The fraction of sp³-hybridized carbons (Fsp3) is 0.0976. The number of benzene rings is 10. The number of nitrogens with zero attached hydrogens (tertiary/aromatic N) is 4. The van der Waals surface area contributed by atoms with E-state index in [0.29, 0.717) is 0 Å².